The zero-order valence-corrected chi connectivity index (χ0v) is 16.8. The predicted molar refractivity (Wildman–Crippen MR) is 115 cm³/mol. The van der Waals surface area contributed by atoms with E-state index in [-0.39, 0.29) is 5.91 Å². The summed E-state index contributed by atoms with van der Waals surface area (Å²) in [6.45, 7) is 3.13. The third-order valence-corrected chi connectivity index (χ3v) is 7.17. The van der Waals surface area contributed by atoms with Crippen molar-refractivity contribution in [3.8, 4) is 0 Å². The fourth-order valence-electron chi connectivity index (χ4n) is 4.51. The molecule has 0 aliphatic carbocycles. The van der Waals surface area contributed by atoms with Crippen molar-refractivity contribution in [3.63, 3.8) is 0 Å². The zero-order valence-electron chi connectivity index (χ0n) is 16.0. The van der Waals surface area contributed by atoms with Crippen LogP contribution in [0.3, 0.4) is 0 Å². The molecule has 144 valence electrons. The number of para-hydroxylation sites is 2. The van der Waals surface area contributed by atoms with E-state index in [0.717, 1.165) is 50.8 Å². The highest BCUT2D eigenvalue weighted by molar-refractivity contribution is 7.18. The topological polar surface area (TPSA) is 36.4 Å². The number of thiazole rings is 1. The molecular weight excluding hydrogens is 366 g/mol. The van der Waals surface area contributed by atoms with Crippen LogP contribution in [0.15, 0.2) is 48.5 Å². The van der Waals surface area contributed by atoms with Crippen molar-refractivity contribution in [1.82, 2.24) is 9.88 Å². The van der Waals surface area contributed by atoms with Crippen LogP contribution in [-0.4, -0.2) is 42.0 Å². The molecule has 0 spiro atoms. The smallest absolute Gasteiger partial charge is 0.242 e. The SMILES string of the molecule is O=C(CN1CCCc2ccccc21)N1CCC[C@H](c2nc3ccccc3s2)C1. The second kappa shape index (κ2) is 7.55. The highest BCUT2D eigenvalue weighted by Gasteiger charge is 2.28. The Labute approximate surface area is 169 Å². The third-order valence-electron chi connectivity index (χ3n) is 5.97. The highest BCUT2D eigenvalue weighted by Crippen LogP contribution is 2.33. The Morgan fingerprint density at radius 1 is 1.07 bits per heavy atom. The monoisotopic (exact) mass is 391 g/mol. The van der Waals surface area contributed by atoms with Crippen LogP contribution in [0.5, 0.6) is 0 Å². The molecule has 0 N–H and O–H groups in total. The maximum Gasteiger partial charge on any atom is 0.242 e. The van der Waals surface area contributed by atoms with E-state index in [4.69, 9.17) is 4.98 Å². The Morgan fingerprint density at radius 3 is 2.86 bits per heavy atom. The molecule has 5 rings (SSSR count). The van der Waals surface area contributed by atoms with Crippen molar-refractivity contribution in [3.05, 3.63) is 59.1 Å². The number of fused-ring (bicyclic) bond motifs is 2. The number of piperidine rings is 1. The maximum absolute atomic E-state index is 13.1. The molecule has 1 fully saturated rings. The molecule has 1 amide bonds. The Morgan fingerprint density at radius 2 is 1.93 bits per heavy atom. The molecule has 5 heteroatoms. The standard InChI is InChI=1S/C23H25N3OS/c27-22(16-25-13-5-8-17-7-1-3-11-20(17)25)26-14-6-9-18(15-26)23-24-19-10-2-4-12-21(19)28-23/h1-4,7,10-12,18H,5-6,8-9,13-16H2/t18-/m0/s1. The first kappa shape index (κ1) is 17.7. The van der Waals surface area contributed by atoms with Gasteiger partial charge in [-0.25, -0.2) is 4.98 Å². The molecule has 0 radical (unpaired) electrons. The Kier molecular flexibility index (Phi) is 4.77. The summed E-state index contributed by atoms with van der Waals surface area (Å²) in [5, 5.41) is 1.18. The Balaban J connectivity index is 1.29. The fraction of sp³-hybridized carbons (Fsp3) is 0.391. The molecule has 1 atom stereocenters. The van der Waals surface area contributed by atoms with Gasteiger partial charge < -0.3 is 9.80 Å². The van der Waals surface area contributed by atoms with Gasteiger partial charge in [-0.15, -0.1) is 11.3 Å². The Hall–Kier alpha value is -2.40. The van der Waals surface area contributed by atoms with Crippen molar-refractivity contribution in [2.24, 2.45) is 0 Å². The summed E-state index contributed by atoms with van der Waals surface area (Å²) in [5.74, 6) is 0.617. The van der Waals surface area contributed by atoms with Crippen LogP contribution < -0.4 is 4.90 Å². The number of aryl methyl sites for hydroxylation is 1. The van der Waals surface area contributed by atoms with Gasteiger partial charge in [-0.1, -0.05) is 30.3 Å². The van der Waals surface area contributed by atoms with Gasteiger partial charge in [0.25, 0.3) is 0 Å². The minimum absolute atomic E-state index is 0.252. The van der Waals surface area contributed by atoms with Gasteiger partial charge in [0.2, 0.25) is 5.91 Å². The average molecular weight is 392 g/mol. The zero-order chi connectivity index (χ0) is 18.9. The number of amides is 1. The Bertz CT molecular complexity index is 965. The number of rotatable bonds is 3. The number of anilines is 1. The summed E-state index contributed by atoms with van der Waals surface area (Å²) in [7, 11) is 0. The van der Waals surface area contributed by atoms with Gasteiger partial charge >= 0.3 is 0 Å². The molecule has 1 saturated heterocycles. The third kappa shape index (κ3) is 3.39. The fourth-order valence-corrected chi connectivity index (χ4v) is 5.60. The molecule has 2 aliphatic heterocycles. The van der Waals surface area contributed by atoms with Gasteiger partial charge in [0, 0.05) is 31.2 Å². The summed E-state index contributed by atoms with van der Waals surface area (Å²) in [4.78, 5) is 22.3. The number of hydrogen-bond acceptors (Lipinski definition) is 4. The van der Waals surface area contributed by atoms with E-state index in [9.17, 15) is 4.79 Å². The molecule has 4 nitrogen and oxygen atoms in total. The first-order chi connectivity index (χ1) is 13.8. The second-order valence-electron chi connectivity index (χ2n) is 7.85. The molecular formula is C23H25N3OS. The second-order valence-corrected chi connectivity index (χ2v) is 8.91. The molecule has 1 aromatic heterocycles. The van der Waals surface area contributed by atoms with E-state index in [0.29, 0.717) is 12.5 Å². The quantitative estimate of drug-likeness (QED) is 0.662. The van der Waals surface area contributed by atoms with Crippen molar-refractivity contribution < 1.29 is 4.79 Å². The lowest BCUT2D eigenvalue weighted by Crippen LogP contribution is -2.45. The van der Waals surface area contributed by atoms with Gasteiger partial charge in [-0.2, -0.15) is 0 Å². The van der Waals surface area contributed by atoms with E-state index >= 15 is 0 Å². The van der Waals surface area contributed by atoms with Crippen LogP contribution in [-0.2, 0) is 11.2 Å². The van der Waals surface area contributed by atoms with Crippen LogP contribution in [0.4, 0.5) is 5.69 Å². The van der Waals surface area contributed by atoms with E-state index in [1.807, 2.05) is 6.07 Å². The number of aromatic nitrogens is 1. The summed E-state index contributed by atoms with van der Waals surface area (Å²) < 4.78 is 1.24. The largest absolute Gasteiger partial charge is 0.362 e. The first-order valence-electron chi connectivity index (χ1n) is 10.2. The number of likely N-dealkylation sites (tertiary alicyclic amines) is 1. The average Bonchev–Trinajstić information content (AvgIpc) is 3.18. The molecule has 2 aromatic carbocycles. The predicted octanol–water partition coefficient (Wildman–Crippen LogP) is 4.46. The van der Waals surface area contributed by atoms with Gasteiger partial charge in [0.05, 0.1) is 21.8 Å². The van der Waals surface area contributed by atoms with Gasteiger partial charge in [0.1, 0.15) is 0 Å². The summed E-state index contributed by atoms with van der Waals surface area (Å²) in [5.41, 5.74) is 3.69. The summed E-state index contributed by atoms with van der Waals surface area (Å²) >= 11 is 1.78. The number of carbonyl (C=O) groups excluding carboxylic acids is 1. The van der Waals surface area contributed by atoms with E-state index in [1.165, 1.54) is 21.0 Å². The van der Waals surface area contributed by atoms with Crippen LogP contribution in [0.1, 0.15) is 35.8 Å². The van der Waals surface area contributed by atoms with E-state index in [1.54, 1.807) is 11.3 Å². The lowest BCUT2D eigenvalue weighted by Gasteiger charge is -2.36. The van der Waals surface area contributed by atoms with Crippen molar-refractivity contribution >= 4 is 33.1 Å². The van der Waals surface area contributed by atoms with Gasteiger partial charge in [0.15, 0.2) is 0 Å². The van der Waals surface area contributed by atoms with Crippen molar-refractivity contribution in [2.45, 2.75) is 31.6 Å². The highest BCUT2D eigenvalue weighted by atomic mass is 32.1. The molecule has 2 aliphatic rings. The van der Waals surface area contributed by atoms with Crippen molar-refractivity contribution in [1.29, 1.82) is 0 Å². The number of nitrogens with zero attached hydrogens (tertiary/aromatic N) is 3. The first-order valence-corrected chi connectivity index (χ1v) is 11.1. The minimum Gasteiger partial charge on any atom is -0.362 e. The van der Waals surface area contributed by atoms with E-state index < -0.39 is 0 Å². The molecule has 3 heterocycles. The molecule has 0 bridgehead atoms. The lowest BCUT2D eigenvalue weighted by atomic mass is 9.98. The molecule has 3 aromatic rings. The maximum atomic E-state index is 13.1. The molecule has 28 heavy (non-hydrogen) atoms. The van der Waals surface area contributed by atoms with Gasteiger partial charge in [-0.05, 0) is 49.4 Å². The number of benzene rings is 2. The van der Waals surface area contributed by atoms with Crippen LogP contribution >= 0.6 is 11.3 Å². The minimum atomic E-state index is 0.252. The van der Waals surface area contributed by atoms with Gasteiger partial charge in [-0.3, -0.25) is 4.79 Å². The van der Waals surface area contributed by atoms with Crippen LogP contribution in [0.2, 0.25) is 0 Å². The summed E-state index contributed by atoms with van der Waals surface area (Å²) in [6, 6.07) is 16.8. The number of carbonyl (C=O) groups is 1. The molecule has 0 saturated carbocycles. The van der Waals surface area contributed by atoms with E-state index in [2.05, 4.69) is 52.3 Å². The normalized spacial score (nSPS) is 19.6. The molecule has 0 unspecified atom stereocenters. The van der Waals surface area contributed by atoms with Crippen LogP contribution in [0.25, 0.3) is 10.2 Å². The summed E-state index contributed by atoms with van der Waals surface area (Å²) in [6.07, 6.45) is 4.42. The van der Waals surface area contributed by atoms with Crippen LogP contribution in [0, 0.1) is 0 Å². The lowest BCUT2D eigenvalue weighted by molar-refractivity contribution is -0.130. The number of hydrogen-bond donors (Lipinski definition) is 0. The van der Waals surface area contributed by atoms with Crippen molar-refractivity contribution in [2.75, 3.05) is 31.1 Å².